The largest absolute Gasteiger partial charge is 0.395 e. The highest BCUT2D eigenvalue weighted by Crippen LogP contribution is 2.31. The first-order valence-electron chi connectivity index (χ1n) is 14.1. The van der Waals surface area contributed by atoms with Crippen molar-refractivity contribution in [3.05, 3.63) is 29.3 Å². The molecule has 0 bridgehead atoms. The predicted molar refractivity (Wildman–Crippen MR) is 151 cm³/mol. The van der Waals surface area contributed by atoms with E-state index in [0.717, 1.165) is 45.2 Å². The van der Waals surface area contributed by atoms with Crippen molar-refractivity contribution < 1.29 is 33.8 Å². The van der Waals surface area contributed by atoms with E-state index in [0.29, 0.717) is 43.1 Å². The van der Waals surface area contributed by atoms with Gasteiger partial charge < -0.3 is 40.4 Å². The number of ether oxygens (including phenoxy) is 1. The summed E-state index contributed by atoms with van der Waals surface area (Å²) in [6, 6.07) is 4.50. The van der Waals surface area contributed by atoms with E-state index in [2.05, 4.69) is 20.9 Å². The maximum atomic E-state index is 13.1. The lowest BCUT2D eigenvalue weighted by Gasteiger charge is -2.31. The molecule has 0 spiro atoms. The van der Waals surface area contributed by atoms with Gasteiger partial charge in [0.2, 0.25) is 18.2 Å². The molecular weight excluding hydrogens is 532 g/mol. The van der Waals surface area contributed by atoms with E-state index in [1.807, 2.05) is 0 Å². The van der Waals surface area contributed by atoms with Gasteiger partial charge in [0.25, 0.3) is 5.91 Å². The summed E-state index contributed by atoms with van der Waals surface area (Å²) in [6.07, 6.45) is 3.67. The molecule has 3 rings (SSSR count). The second-order valence-corrected chi connectivity index (χ2v) is 10.2. The summed E-state index contributed by atoms with van der Waals surface area (Å²) in [6.45, 7) is 4.39. The summed E-state index contributed by atoms with van der Waals surface area (Å²) in [5.41, 5.74) is 1.52. The van der Waals surface area contributed by atoms with E-state index in [4.69, 9.17) is 4.74 Å². The van der Waals surface area contributed by atoms with E-state index in [9.17, 15) is 29.1 Å². The molecule has 0 saturated carbocycles. The Morgan fingerprint density at radius 2 is 1.98 bits per heavy atom. The van der Waals surface area contributed by atoms with E-state index in [-0.39, 0.29) is 56.3 Å². The lowest BCUT2D eigenvalue weighted by Crippen LogP contribution is -2.46. The lowest BCUT2D eigenvalue weighted by atomic mass is 10.1. The molecule has 0 aliphatic carbocycles. The highest BCUT2D eigenvalue weighted by molar-refractivity contribution is 6.04. The van der Waals surface area contributed by atoms with Gasteiger partial charge in [-0.3, -0.25) is 24.1 Å². The summed E-state index contributed by atoms with van der Waals surface area (Å²) in [4.78, 5) is 65.5. The van der Waals surface area contributed by atoms with Crippen LogP contribution in [0, 0.1) is 0 Å². The zero-order valence-corrected chi connectivity index (χ0v) is 23.7. The number of aldehydes is 1. The van der Waals surface area contributed by atoms with Crippen molar-refractivity contribution in [1.29, 1.82) is 0 Å². The Hall–Kier alpha value is -3.39. The molecule has 13 heteroatoms. The fourth-order valence-corrected chi connectivity index (χ4v) is 5.26. The van der Waals surface area contributed by atoms with Crippen molar-refractivity contribution in [1.82, 2.24) is 25.3 Å². The number of likely N-dealkylation sites (tertiary alicyclic amines) is 1. The van der Waals surface area contributed by atoms with Crippen molar-refractivity contribution >= 4 is 36.1 Å². The van der Waals surface area contributed by atoms with Gasteiger partial charge >= 0.3 is 0 Å². The average molecular weight is 575 g/mol. The number of piperidine rings is 1. The molecule has 4 amide bonds. The molecule has 1 aromatic carbocycles. The first kappa shape index (κ1) is 32.1. The van der Waals surface area contributed by atoms with E-state index >= 15 is 0 Å². The number of nitrogens with one attached hydrogen (secondary N) is 3. The Balaban J connectivity index is 1.49. The fraction of sp³-hybridized carbons (Fsp3) is 0.607. The van der Waals surface area contributed by atoms with Gasteiger partial charge in [0.05, 0.1) is 26.4 Å². The van der Waals surface area contributed by atoms with Crippen LogP contribution < -0.4 is 16.0 Å². The van der Waals surface area contributed by atoms with Crippen molar-refractivity contribution in [2.75, 3.05) is 71.5 Å². The number of likely N-dealkylation sites (N-methyl/N-ethyl adjacent to an activating group) is 1. The number of hydrogen-bond donors (Lipinski definition) is 4. The molecule has 4 N–H and O–H groups in total. The topological polar surface area (TPSA) is 161 Å². The Morgan fingerprint density at radius 3 is 2.66 bits per heavy atom. The molecule has 226 valence electrons. The molecule has 13 nitrogen and oxygen atoms in total. The van der Waals surface area contributed by atoms with Crippen LogP contribution in [0.4, 0.5) is 5.69 Å². The van der Waals surface area contributed by atoms with Crippen LogP contribution in [-0.4, -0.2) is 128 Å². The van der Waals surface area contributed by atoms with Crippen molar-refractivity contribution in [3.63, 3.8) is 0 Å². The molecule has 2 heterocycles. The standard InChI is InChI=1S/C28H42N6O7/c1-29-27(39)25(6-3-14-35)34-18-23-22(28(34)40)4-2-5-24(23)31-26(38)19-33(11-15-36)13-17-41-16-12-32-9-7-21(8-10-32)30-20-37/h2,4-5,14,20-21,25,36H,3,6-13,15-19H2,1H3,(H,29,39)(H,30,37)(H,31,38). The van der Waals surface area contributed by atoms with Crippen molar-refractivity contribution in [2.24, 2.45) is 0 Å². The van der Waals surface area contributed by atoms with Crippen LogP contribution in [0.15, 0.2) is 18.2 Å². The van der Waals surface area contributed by atoms with Gasteiger partial charge in [0, 0.05) is 75.6 Å². The number of carbonyl (C=O) groups is 5. The molecule has 0 radical (unpaired) electrons. The molecule has 1 unspecified atom stereocenters. The van der Waals surface area contributed by atoms with Crippen molar-refractivity contribution in [3.8, 4) is 0 Å². The summed E-state index contributed by atoms with van der Waals surface area (Å²) in [7, 11) is 1.48. The van der Waals surface area contributed by atoms with Gasteiger partial charge in [-0.05, 0) is 31.4 Å². The minimum atomic E-state index is -0.792. The Bertz CT molecular complexity index is 1050. The maximum Gasteiger partial charge on any atom is 0.255 e. The normalized spacial score (nSPS) is 16.4. The molecule has 41 heavy (non-hydrogen) atoms. The van der Waals surface area contributed by atoms with Crippen LogP contribution in [0.5, 0.6) is 0 Å². The maximum absolute atomic E-state index is 13.1. The van der Waals surface area contributed by atoms with Crippen molar-refractivity contribution in [2.45, 2.75) is 44.3 Å². The number of aliphatic hydroxyl groups excluding tert-OH is 1. The third-order valence-electron chi connectivity index (χ3n) is 7.53. The highest BCUT2D eigenvalue weighted by atomic mass is 16.5. The van der Waals surface area contributed by atoms with Crippen LogP contribution in [0.3, 0.4) is 0 Å². The van der Waals surface area contributed by atoms with E-state index in [1.54, 1.807) is 23.1 Å². The predicted octanol–water partition coefficient (Wildman–Crippen LogP) is -0.804. The number of amides is 4. The van der Waals surface area contributed by atoms with Crippen LogP contribution in [0.1, 0.15) is 41.6 Å². The number of nitrogens with zero attached hydrogens (tertiary/aromatic N) is 3. The first-order chi connectivity index (χ1) is 19.9. The molecule has 2 aliphatic heterocycles. The smallest absolute Gasteiger partial charge is 0.255 e. The second-order valence-electron chi connectivity index (χ2n) is 10.2. The number of anilines is 1. The minimum absolute atomic E-state index is 0.0305. The van der Waals surface area contributed by atoms with Crippen LogP contribution >= 0.6 is 0 Å². The third-order valence-corrected chi connectivity index (χ3v) is 7.53. The zero-order chi connectivity index (χ0) is 29.6. The SMILES string of the molecule is CNC(=O)C(CCC=O)N1Cc2c(NC(=O)CN(CCO)CCOCCN3CCC(NC=O)CC3)cccc2C1=O. The van der Waals surface area contributed by atoms with Crippen LogP contribution in [-0.2, 0) is 30.5 Å². The molecule has 1 saturated heterocycles. The van der Waals surface area contributed by atoms with Gasteiger partial charge in [-0.1, -0.05) is 6.07 Å². The van der Waals surface area contributed by atoms with E-state index < -0.39 is 6.04 Å². The Kier molecular flexibility index (Phi) is 13.1. The minimum Gasteiger partial charge on any atom is -0.395 e. The highest BCUT2D eigenvalue weighted by Gasteiger charge is 2.37. The monoisotopic (exact) mass is 574 g/mol. The number of carbonyl (C=O) groups excluding carboxylic acids is 5. The number of rotatable bonds is 18. The average Bonchev–Trinajstić information content (AvgIpc) is 3.30. The Morgan fingerprint density at radius 1 is 1.20 bits per heavy atom. The molecule has 1 aromatic rings. The quantitative estimate of drug-likeness (QED) is 0.130. The summed E-state index contributed by atoms with van der Waals surface area (Å²) < 4.78 is 5.78. The van der Waals surface area contributed by atoms with E-state index in [1.165, 1.54) is 11.9 Å². The Labute approximate surface area is 240 Å². The molecule has 1 atom stereocenters. The summed E-state index contributed by atoms with van der Waals surface area (Å²) in [5.74, 6) is -0.970. The number of hydrogen-bond acceptors (Lipinski definition) is 9. The molecule has 0 aromatic heterocycles. The molecular formula is C28H42N6O7. The summed E-state index contributed by atoms with van der Waals surface area (Å²) >= 11 is 0. The van der Waals surface area contributed by atoms with Crippen LogP contribution in [0.25, 0.3) is 0 Å². The van der Waals surface area contributed by atoms with Gasteiger partial charge in [-0.2, -0.15) is 0 Å². The molecule has 1 fully saturated rings. The van der Waals surface area contributed by atoms with Gasteiger partial charge in [-0.25, -0.2) is 0 Å². The summed E-state index contributed by atoms with van der Waals surface area (Å²) in [5, 5.41) is 17.8. The molecule has 2 aliphatic rings. The van der Waals surface area contributed by atoms with Crippen LogP contribution in [0.2, 0.25) is 0 Å². The van der Waals surface area contributed by atoms with Gasteiger partial charge in [0.1, 0.15) is 12.3 Å². The third kappa shape index (κ3) is 9.32. The number of aliphatic hydroxyl groups is 1. The number of fused-ring (bicyclic) bond motifs is 1. The van der Waals surface area contributed by atoms with Gasteiger partial charge in [-0.15, -0.1) is 0 Å². The second kappa shape index (κ2) is 16.8. The lowest BCUT2D eigenvalue weighted by molar-refractivity contribution is -0.125. The zero-order valence-electron chi connectivity index (χ0n) is 23.7. The first-order valence-corrected chi connectivity index (χ1v) is 14.1. The number of benzene rings is 1. The fourth-order valence-electron chi connectivity index (χ4n) is 5.26. The van der Waals surface area contributed by atoms with Gasteiger partial charge in [0.15, 0.2) is 0 Å².